The van der Waals surface area contributed by atoms with Gasteiger partial charge in [0, 0.05) is 43.2 Å². The molecule has 0 spiro atoms. The van der Waals surface area contributed by atoms with Gasteiger partial charge in [-0.2, -0.15) is 19.6 Å². The number of fused-ring (bicyclic) bond motifs is 1. The molecule has 0 unspecified atom stereocenters. The Morgan fingerprint density at radius 2 is 1.85 bits per heavy atom. The Morgan fingerprint density at radius 3 is 2.52 bits per heavy atom. The Morgan fingerprint density at radius 1 is 1.12 bits per heavy atom. The van der Waals surface area contributed by atoms with E-state index >= 15 is 0 Å². The van der Waals surface area contributed by atoms with Crippen molar-refractivity contribution in [2.75, 3.05) is 31.3 Å². The standard InChI is InChI=1S/C22H26N6O4S/c1-33(30,31)22-26-19-18(15-2-4-16(5-3-15)20(29)25-17-6-7-17)13-24-28(19)21(27-22)23-12-14-8-10-32-11-9-14/h2-5,13-14,17H,6-12H2,1H3,(H,25,29)(H,23,26,27). The first kappa shape index (κ1) is 21.8. The largest absolute Gasteiger partial charge is 0.381 e. The fraction of sp³-hybridized carbons (Fsp3) is 0.455. The van der Waals surface area contributed by atoms with Gasteiger partial charge < -0.3 is 15.4 Å². The highest BCUT2D eigenvalue weighted by Gasteiger charge is 2.24. The third kappa shape index (κ3) is 4.83. The summed E-state index contributed by atoms with van der Waals surface area (Å²) in [5, 5.41) is 10.4. The molecule has 0 bridgehead atoms. The number of carbonyl (C=O) groups is 1. The van der Waals surface area contributed by atoms with Crippen LogP contribution in [0.4, 0.5) is 5.95 Å². The molecule has 0 radical (unpaired) electrons. The first-order chi connectivity index (χ1) is 15.9. The summed E-state index contributed by atoms with van der Waals surface area (Å²) in [6.45, 7) is 2.08. The van der Waals surface area contributed by atoms with Crippen LogP contribution in [0.15, 0.2) is 35.6 Å². The lowest BCUT2D eigenvalue weighted by molar-refractivity contribution is 0.0699. The molecule has 0 atom stereocenters. The van der Waals surface area contributed by atoms with Gasteiger partial charge in [-0.05, 0) is 49.3 Å². The van der Waals surface area contributed by atoms with Crippen molar-refractivity contribution in [3.63, 3.8) is 0 Å². The van der Waals surface area contributed by atoms with E-state index in [1.807, 2.05) is 12.1 Å². The molecule has 2 aromatic heterocycles. The molecule has 2 fully saturated rings. The Balaban J connectivity index is 1.47. The predicted molar refractivity (Wildman–Crippen MR) is 122 cm³/mol. The van der Waals surface area contributed by atoms with E-state index in [0.717, 1.165) is 50.7 Å². The average Bonchev–Trinajstić information content (AvgIpc) is 3.52. The van der Waals surface area contributed by atoms with E-state index in [-0.39, 0.29) is 17.1 Å². The molecule has 3 heterocycles. The molecule has 1 aliphatic heterocycles. The maximum absolute atomic E-state index is 12.3. The zero-order chi connectivity index (χ0) is 23.0. The highest BCUT2D eigenvalue weighted by molar-refractivity contribution is 7.90. The number of ether oxygens (including phenoxy) is 1. The number of carbonyl (C=O) groups excluding carboxylic acids is 1. The second-order valence-electron chi connectivity index (χ2n) is 8.66. The van der Waals surface area contributed by atoms with Crippen molar-refractivity contribution >= 4 is 27.3 Å². The summed E-state index contributed by atoms with van der Waals surface area (Å²) >= 11 is 0. The Hall–Kier alpha value is -3.05. The van der Waals surface area contributed by atoms with Gasteiger partial charge in [-0.3, -0.25) is 4.79 Å². The van der Waals surface area contributed by atoms with Gasteiger partial charge in [-0.15, -0.1) is 0 Å². The van der Waals surface area contributed by atoms with Gasteiger partial charge in [0.2, 0.25) is 15.8 Å². The predicted octanol–water partition coefficient (Wildman–Crippen LogP) is 1.93. The van der Waals surface area contributed by atoms with Crippen LogP contribution in [0.3, 0.4) is 0 Å². The molecule has 10 nitrogen and oxygen atoms in total. The quantitative estimate of drug-likeness (QED) is 0.536. The molecule has 1 amide bonds. The van der Waals surface area contributed by atoms with E-state index in [9.17, 15) is 13.2 Å². The molecule has 2 N–H and O–H groups in total. The van der Waals surface area contributed by atoms with Gasteiger partial charge in [0.15, 0.2) is 5.65 Å². The summed E-state index contributed by atoms with van der Waals surface area (Å²) in [5.74, 6) is 0.651. The van der Waals surface area contributed by atoms with Crippen LogP contribution in [-0.4, -0.2) is 66.0 Å². The van der Waals surface area contributed by atoms with Gasteiger partial charge >= 0.3 is 0 Å². The van der Waals surface area contributed by atoms with Crippen molar-refractivity contribution in [2.24, 2.45) is 5.92 Å². The van der Waals surface area contributed by atoms with Gasteiger partial charge in [0.1, 0.15) is 0 Å². The number of benzene rings is 1. The third-order valence-electron chi connectivity index (χ3n) is 5.94. The minimum absolute atomic E-state index is 0.0924. The van der Waals surface area contributed by atoms with Crippen molar-refractivity contribution in [3.05, 3.63) is 36.0 Å². The molecule has 33 heavy (non-hydrogen) atoms. The lowest BCUT2D eigenvalue weighted by Gasteiger charge is -2.22. The van der Waals surface area contributed by atoms with Crippen LogP contribution in [0, 0.1) is 5.92 Å². The van der Waals surface area contributed by atoms with Crippen LogP contribution in [0.5, 0.6) is 0 Å². The zero-order valence-corrected chi connectivity index (χ0v) is 19.1. The highest BCUT2D eigenvalue weighted by Crippen LogP contribution is 2.27. The molecule has 11 heteroatoms. The minimum Gasteiger partial charge on any atom is -0.381 e. The normalized spacial score (nSPS) is 17.2. The Labute approximate surface area is 191 Å². The van der Waals surface area contributed by atoms with Gasteiger partial charge in [0.05, 0.1) is 6.20 Å². The molecule has 1 saturated carbocycles. The number of amides is 1. The monoisotopic (exact) mass is 470 g/mol. The van der Waals surface area contributed by atoms with Crippen molar-refractivity contribution in [1.29, 1.82) is 0 Å². The number of sulfone groups is 1. The number of nitrogens with one attached hydrogen (secondary N) is 2. The molecular weight excluding hydrogens is 444 g/mol. The number of anilines is 1. The van der Waals surface area contributed by atoms with E-state index < -0.39 is 9.84 Å². The number of hydrogen-bond acceptors (Lipinski definition) is 8. The lowest BCUT2D eigenvalue weighted by atomic mass is 10.0. The highest BCUT2D eigenvalue weighted by atomic mass is 32.2. The van der Waals surface area contributed by atoms with Crippen LogP contribution in [-0.2, 0) is 14.6 Å². The topological polar surface area (TPSA) is 128 Å². The Kier molecular flexibility index (Phi) is 5.75. The Bertz CT molecular complexity index is 1280. The van der Waals surface area contributed by atoms with Crippen LogP contribution in [0.25, 0.3) is 16.8 Å². The minimum atomic E-state index is -3.64. The first-order valence-electron chi connectivity index (χ1n) is 11.1. The van der Waals surface area contributed by atoms with Gasteiger partial charge in [-0.1, -0.05) is 12.1 Å². The van der Waals surface area contributed by atoms with Gasteiger partial charge in [0.25, 0.3) is 11.1 Å². The molecule has 1 aliphatic carbocycles. The lowest BCUT2D eigenvalue weighted by Crippen LogP contribution is -2.25. The molecule has 2 aliphatic rings. The molecule has 174 valence electrons. The second-order valence-corrected chi connectivity index (χ2v) is 10.6. The van der Waals surface area contributed by atoms with Crippen LogP contribution in [0.1, 0.15) is 36.0 Å². The number of rotatable bonds is 7. The molecular formula is C22H26N6O4S. The summed E-state index contributed by atoms with van der Waals surface area (Å²) in [7, 11) is -3.64. The van der Waals surface area contributed by atoms with E-state index in [2.05, 4.69) is 25.7 Å². The summed E-state index contributed by atoms with van der Waals surface area (Å²) < 4.78 is 31.5. The average molecular weight is 471 g/mol. The first-order valence-corrected chi connectivity index (χ1v) is 13.0. The van der Waals surface area contributed by atoms with Crippen LogP contribution in [0.2, 0.25) is 0 Å². The summed E-state index contributed by atoms with van der Waals surface area (Å²) in [6.07, 6.45) is 6.65. The van der Waals surface area contributed by atoms with Crippen molar-refractivity contribution in [3.8, 4) is 11.1 Å². The zero-order valence-electron chi connectivity index (χ0n) is 18.3. The van der Waals surface area contributed by atoms with E-state index in [1.54, 1.807) is 18.3 Å². The number of hydrogen-bond donors (Lipinski definition) is 2. The number of nitrogens with zero attached hydrogens (tertiary/aromatic N) is 4. The van der Waals surface area contributed by atoms with E-state index in [4.69, 9.17) is 4.74 Å². The maximum atomic E-state index is 12.3. The summed E-state index contributed by atoms with van der Waals surface area (Å²) in [5.41, 5.74) is 2.40. The molecule has 3 aromatic rings. The van der Waals surface area contributed by atoms with Crippen molar-refractivity contribution in [2.45, 2.75) is 36.9 Å². The van der Waals surface area contributed by atoms with Crippen LogP contribution >= 0.6 is 0 Å². The summed E-state index contributed by atoms with van der Waals surface area (Å²) in [6, 6.07) is 7.42. The molecule has 1 saturated heterocycles. The fourth-order valence-electron chi connectivity index (χ4n) is 3.83. The van der Waals surface area contributed by atoms with Crippen LogP contribution < -0.4 is 10.6 Å². The SMILES string of the molecule is CS(=O)(=O)c1nc(NCC2CCOCC2)n2ncc(-c3ccc(C(=O)NC4CC4)cc3)c2n1. The van der Waals surface area contributed by atoms with E-state index in [1.165, 1.54) is 4.52 Å². The smallest absolute Gasteiger partial charge is 0.252 e. The maximum Gasteiger partial charge on any atom is 0.252 e. The molecule has 1 aromatic carbocycles. The fourth-order valence-corrected chi connectivity index (χ4v) is 4.33. The van der Waals surface area contributed by atoms with Gasteiger partial charge in [-0.25, -0.2) is 8.42 Å². The van der Waals surface area contributed by atoms with Crippen molar-refractivity contribution < 1.29 is 17.9 Å². The molecule has 5 rings (SSSR count). The third-order valence-corrected chi connectivity index (χ3v) is 6.79. The second kappa shape index (κ2) is 8.71. The van der Waals surface area contributed by atoms with E-state index in [0.29, 0.717) is 35.2 Å². The summed E-state index contributed by atoms with van der Waals surface area (Å²) in [4.78, 5) is 20.8. The van der Waals surface area contributed by atoms with Crippen molar-refractivity contribution in [1.82, 2.24) is 24.9 Å². The number of aromatic nitrogens is 4.